The van der Waals surface area contributed by atoms with E-state index in [0.717, 1.165) is 12.0 Å². The number of rotatable bonds is 5. The second kappa shape index (κ2) is 8.35. The summed E-state index contributed by atoms with van der Waals surface area (Å²) in [4.78, 5) is 13.5. The lowest BCUT2D eigenvalue weighted by atomic mass is 10.1. The zero-order chi connectivity index (χ0) is 12.8. The summed E-state index contributed by atoms with van der Waals surface area (Å²) in [7, 11) is 1.79. The molecule has 1 atom stereocenters. The number of hydrogen-bond acceptors (Lipinski definition) is 2. The molecule has 1 aromatic rings. The largest absolute Gasteiger partial charge is 0.342 e. The molecule has 1 aromatic carbocycles. The lowest BCUT2D eigenvalue weighted by Gasteiger charge is -2.23. The van der Waals surface area contributed by atoms with Gasteiger partial charge in [0.25, 0.3) is 0 Å². The SMILES string of the molecule is CC(CN)N(C)C(=O)CCc1ccc(Cl)cc1.Cl. The van der Waals surface area contributed by atoms with Crippen LogP contribution in [0.4, 0.5) is 0 Å². The van der Waals surface area contributed by atoms with Gasteiger partial charge in [0.1, 0.15) is 0 Å². The summed E-state index contributed by atoms with van der Waals surface area (Å²) in [6.07, 6.45) is 1.24. The fraction of sp³-hybridized carbons (Fsp3) is 0.462. The highest BCUT2D eigenvalue weighted by atomic mass is 35.5. The maximum Gasteiger partial charge on any atom is 0.222 e. The van der Waals surface area contributed by atoms with Gasteiger partial charge in [-0.1, -0.05) is 23.7 Å². The maximum atomic E-state index is 11.8. The van der Waals surface area contributed by atoms with Crippen molar-refractivity contribution in [2.75, 3.05) is 13.6 Å². The summed E-state index contributed by atoms with van der Waals surface area (Å²) in [5.41, 5.74) is 6.65. The Morgan fingerprint density at radius 3 is 2.44 bits per heavy atom. The van der Waals surface area contributed by atoms with Gasteiger partial charge in [-0.25, -0.2) is 0 Å². The van der Waals surface area contributed by atoms with Crippen molar-refractivity contribution < 1.29 is 4.79 Å². The lowest BCUT2D eigenvalue weighted by Crippen LogP contribution is -2.39. The first-order valence-electron chi connectivity index (χ1n) is 5.74. The number of amides is 1. The summed E-state index contributed by atoms with van der Waals surface area (Å²) in [6.45, 7) is 2.43. The number of hydrogen-bond donors (Lipinski definition) is 1. The highest BCUT2D eigenvalue weighted by Crippen LogP contribution is 2.11. The molecule has 3 nitrogen and oxygen atoms in total. The van der Waals surface area contributed by atoms with Gasteiger partial charge in [-0.05, 0) is 31.0 Å². The van der Waals surface area contributed by atoms with Gasteiger partial charge in [0, 0.05) is 31.1 Å². The van der Waals surface area contributed by atoms with Crippen molar-refractivity contribution in [1.82, 2.24) is 4.90 Å². The Labute approximate surface area is 120 Å². The number of carbonyl (C=O) groups is 1. The average molecular weight is 291 g/mol. The van der Waals surface area contributed by atoms with Crippen LogP contribution in [0, 0.1) is 0 Å². The van der Waals surface area contributed by atoms with E-state index in [2.05, 4.69) is 0 Å². The van der Waals surface area contributed by atoms with Crippen molar-refractivity contribution in [3.05, 3.63) is 34.9 Å². The molecule has 0 aliphatic carbocycles. The number of aryl methyl sites for hydroxylation is 1. The predicted octanol–water partition coefficient (Wildman–Crippen LogP) is 2.50. The summed E-state index contributed by atoms with van der Waals surface area (Å²) < 4.78 is 0. The predicted molar refractivity (Wildman–Crippen MR) is 78.3 cm³/mol. The molecular weight excluding hydrogens is 271 g/mol. The quantitative estimate of drug-likeness (QED) is 0.906. The van der Waals surface area contributed by atoms with Crippen LogP contribution in [-0.2, 0) is 11.2 Å². The van der Waals surface area contributed by atoms with Gasteiger partial charge in [0.05, 0.1) is 0 Å². The Morgan fingerprint density at radius 1 is 1.39 bits per heavy atom. The molecule has 0 bridgehead atoms. The molecule has 0 spiro atoms. The first-order chi connectivity index (χ1) is 8.04. The molecule has 0 saturated carbocycles. The van der Waals surface area contributed by atoms with Gasteiger partial charge in [-0.3, -0.25) is 4.79 Å². The standard InChI is InChI=1S/C13H19ClN2O.ClH/c1-10(9-15)16(2)13(17)8-5-11-3-6-12(14)7-4-11;/h3-4,6-7,10H,5,8-9,15H2,1-2H3;1H. The van der Waals surface area contributed by atoms with E-state index in [1.807, 2.05) is 31.2 Å². The molecule has 0 radical (unpaired) electrons. The molecule has 5 heteroatoms. The minimum Gasteiger partial charge on any atom is -0.342 e. The van der Waals surface area contributed by atoms with Crippen LogP contribution >= 0.6 is 24.0 Å². The van der Waals surface area contributed by atoms with Crippen LogP contribution in [-0.4, -0.2) is 30.4 Å². The molecule has 0 aliphatic rings. The molecule has 1 rings (SSSR count). The second-order valence-electron chi connectivity index (χ2n) is 4.22. The van der Waals surface area contributed by atoms with Crippen molar-refractivity contribution in [2.45, 2.75) is 25.8 Å². The zero-order valence-electron chi connectivity index (χ0n) is 10.7. The Balaban J connectivity index is 0.00000289. The van der Waals surface area contributed by atoms with E-state index in [4.69, 9.17) is 17.3 Å². The number of halogens is 2. The van der Waals surface area contributed by atoms with Gasteiger partial charge < -0.3 is 10.6 Å². The lowest BCUT2D eigenvalue weighted by molar-refractivity contribution is -0.131. The van der Waals surface area contributed by atoms with E-state index < -0.39 is 0 Å². The van der Waals surface area contributed by atoms with Crippen molar-refractivity contribution in [3.63, 3.8) is 0 Å². The van der Waals surface area contributed by atoms with Crippen LogP contribution in [0.1, 0.15) is 18.9 Å². The molecule has 0 saturated heterocycles. The first kappa shape index (κ1) is 17.2. The molecule has 0 fully saturated rings. The molecule has 18 heavy (non-hydrogen) atoms. The Bertz CT molecular complexity index is 368. The molecule has 1 unspecified atom stereocenters. The summed E-state index contributed by atoms with van der Waals surface area (Å²) in [5, 5.41) is 0.717. The molecule has 1 amide bonds. The van der Waals surface area contributed by atoms with Crippen LogP contribution in [0.15, 0.2) is 24.3 Å². The van der Waals surface area contributed by atoms with E-state index in [-0.39, 0.29) is 24.4 Å². The second-order valence-corrected chi connectivity index (χ2v) is 4.65. The molecule has 102 valence electrons. The monoisotopic (exact) mass is 290 g/mol. The van der Waals surface area contributed by atoms with E-state index in [0.29, 0.717) is 18.0 Å². The van der Waals surface area contributed by atoms with Gasteiger partial charge in [0.15, 0.2) is 0 Å². The highest BCUT2D eigenvalue weighted by molar-refractivity contribution is 6.30. The van der Waals surface area contributed by atoms with Crippen LogP contribution in [0.25, 0.3) is 0 Å². The molecule has 0 heterocycles. The number of likely N-dealkylation sites (N-methyl/N-ethyl adjacent to an activating group) is 1. The third-order valence-electron chi connectivity index (χ3n) is 2.94. The third-order valence-corrected chi connectivity index (χ3v) is 3.19. The molecular formula is C13H20Cl2N2O. The number of carbonyl (C=O) groups excluding carboxylic acids is 1. The molecule has 0 aliphatic heterocycles. The Kier molecular flexibility index (Phi) is 8.00. The fourth-order valence-corrected chi connectivity index (χ4v) is 1.61. The van der Waals surface area contributed by atoms with Crippen LogP contribution in [0.5, 0.6) is 0 Å². The molecule has 2 N–H and O–H groups in total. The van der Waals surface area contributed by atoms with Gasteiger partial charge in [-0.2, -0.15) is 0 Å². The third kappa shape index (κ3) is 5.25. The number of nitrogens with two attached hydrogens (primary N) is 1. The molecule has 0 aromatic heterocycles. The van der Waals surface area contributed by atoms with Gasteiger partial charge in [-0.15, -0.1) is 12.4 Å². The number of nitrogens with zero attached hydrogens (tertiary/aromatic N) is 1. The number of benzene rings is 1. The van der Waals surface area contributed by atoms with Crippen LogP contribution < -0.4 is 5.73 Å². The average Bonchev–Trinajstić information content (AvgIpc) is 2.35. The summed E-state index contributed by atoms with van der Waals surface area (Å²) in [5.74, 6) is 0.123. The van der Waals surface area contributed by atoms with Crippen molar-refractivity contribution in [3.8, 4) is 0 Å². The van der Waals surface area contributed by atoms with E-state index in [1.165, 1.54) is 0 Å². The minimum absolute atomic E-state index is 0. The van der Waals surface area contributed by atoms with Crippen LogP contribution in [0.2, 0.25) is 5.02 Å². The van der Waals surface area contributed by atoms with Crippen LogP contribution in [0.3, 0.4) is 0 Å². The minimum atomic E-state index is 0. The van der Waals surface area contributed by atoms with Crippen molar-refractivity contribution in [2.24, 2.45) is 5.73 Å². The van der Waals surface area contributed by atoms with Gasteiger partial charge in [0.2, 0.25) is 5.91 Å². The van der Waals surface area contributed by atoms with E-state index >= 15 is 0 Å². The topological polar surface area (TPSA) is 46.3 Å². The maximum absolute atomic E-state index is 11.8. The summed E-state index contributed by atoms with van der Waals surface area (Å²) in [6, 6.07) is 7.67. The van der Waals surface area contributed by atoms with E-state index in [9.17, 15) is 4.79 Å². The summed E-state index contributed by atoms with van der Waals surface area (Å²) >= 11 is 5.80. The first-order valence-corrected chi connectivity index (χ1v) is 6.12. The normalized spacial score (nSPS) is 11.6. The Hall–Kier alpha value is -0.770. The van der Waals surface area contributed by atoms with E-state index in [1.54, 1.807) is 11.9 Å². The zero-order valence-corrected chi connectivity index (χ0v) is 12.3. The smallest absolute Gasteiger partial charge is 0.222 e. The fourth-order valence-electron chi connectivity index (χ4n) is 1.48. The van der Waals surface area contributed by atoms with Crippen molar-refractivity contribution in [1.29, 1.82) is 0 Å². The Morgan fingerprint density at radius 2 is 1.94 bits per heavy atom. The van der Waals surface area contributed by atoms with Crippen molar-refractivity contribution >= 4 is 29.9 Å². The van der Waals surface area contributed by atoms with Gasteiger partial charge >= 0.3 is 0 Å². The highest BCUT2D eigenvalue weighted by Gasteiger charge is 2.13.